The van der Waals surface area contributed by atoms with Crippen molar-refractivity contribution >= 4 is 0 Å². The summed E-state index contributed by atoms with van der Waals surface area (Å²) in [7, 11) is 2.03. The van der Waals surface area contributed by atoms with Crippen molar-refractivity contribution in [3.8, 4) is 0 Å². The summed E-state index contributed by atoms with van der Waals surface area (Å²) in [5.41, 5.74) is 0. The molecule has 2 N–H and O–H groups in total. The predicted molar refractivity (Wildman–Crippen MR) is 119 cm³/mol. The van der Waals surface area contributed by atoms with E-state index in [-0.39, 0.29) is 13.2 Å². The van der Waals surface area contributed by atoms with Gasteiger partial charge in [-0.15, -0.1) is 0 Å². The summed E-state index contributed by atoms with van der Waals surface area (Å²) >= 11 is 0. The molecule has 176 valence electrons. The third-order valence-electron chi connectivity index (χ3n) is 5.44. The van der Waals surface area contributed by atoms with E-state index in [0.717, 1.165) is 19.6 Å². The second-order valence-electron chi connectivity index (χ2n) is 8.26. The topological polar surface area (TPSA) is 68.2 Å². The molecule has 0 heterocycles. The Kier molecular flexibility index (Phi) is 22.3. The summed E-state index contributed by atoms with van der Waals surface area (Å²) in [6.45, 7) is 8.42. The smallest absolute Gasteiger partial charge is 0.102 e. The van der Waals surface area contributed by atoms with Gasteiger partial charge in [0.05, 0.1) is 53.3 Å². The van der Waals surface area contributed by atoms with Gasteiger partial charge in [-0.25, -0.2) is 0 Å². The lowest BCUT2D eigenvalue weighted by Crippen LogP contribution is -2.50. The van der Waals surface area contributed by atoms with Gasteiger partial charge < -0.3 is 28.9 Å². The molecule has 0 aliphatic heterocycles. The Labute approximate surface area is 180 Å². The van der Waals surface area contributed by atoms with E-state index >= 15 is 0 Å². The molecule has 0 aliphatic rings. The van der Waals surface area contributed by atoms with Crippen LogP contribution in [0.1, 0.15) is 71.1 Å². The van der Waals surface area contributed by atoms with Crippen LogP contribution in [0.25, 0.3) is 0 Å². The van der Waals surface area contributed by atoms with Gasteiger partial charge in [0, 0.05) is 6.61 Å². The molecule has 0 radical (unpaired) electrons. The minimum Gasteiger partial charge on any atom is -0.391 e. The normalized spacial score (nSPS) is 12.0. The Morgan fingerprint density at radius 3 is 1.41 bits per heavy atom. The standard InChI is InChI=1S/C23H50NO5/c1-3-4-5-6-7-8-9-10-11-12-18-27-20-22-29-23-21-28-19-15-24(2,13-16-25)14-17-26/h25-26H,3-23H2,1-2H3/q+1. The van der Waals surface area contributed by atoms with Gasteiger partial charge >= 0.3 is 0 Å². The van der Waals surface area contributed by atoms with Crippen LogP contribution in [-0.2, 0) is 14.2 Å². The Morgan fingerprint density at radius 2 is 0.931 bits per heavy atom. The number of ether oxygens (including phenoxy) is 3. The van der Waals surface area contributed by atoms with Gasteiger partial charge in [-0.3, -0.25) is 0 Å². The lowest BCUT2D eigenvalue weighted by Gasteiger charge is -2.33. The summed E-state index contributed by atoms with van der Waals surface area (Å²) in [6, 6.07) is 0. The van der Waals surface area contributed by atoms with Gasteiger partial charge in [-0.05, 0) is 6.42 Å². The van der Waals surface area contributed by atoms with Crippen LogP contribution >= 0.6 is 0 Å². The average Bonchev–Trinajstić information content (AvgIpc) is 2.70. The summed E-state index contributed by atoms with van der Waals surface area (Å²) < 4.78 is 17.4. The number of aliphatic hydroxyl groups is 2. The molecule has 0 atom stereocenters. The molecule has 6 heteroatoms. The Bertz CT molecular complexity index is 312. The number of quaternary nitrogens is 1. The molecule has 0 rings (SSSR count). The molecule has 0 saturated heterocycles. The van der Waals surface area contributed by atoms with Crippen LogP contribution in [0.15, 0.2) is 0 Å². The van der Waals surface area contributed by atoms with Gasteiger partial charge in [0.25, 0.3) is 0 Å². The average molecular weight is 421 g/mol. The molecule has 0 spiro atoms. The molecule has 0 aromatic rings. The molecule has 0 unspecified atom stereocenters. The van der Waals surface area contributed by atoms with Gasteiger partial charge in [-0.1, -0.05) is 64.7 Å². The molecule has 0 saturated carbocycles. The van der Waals surface area contributed by atoms with Crippen LogP contribution in [-0.4, -0.2) is 94.2 Å². The van der Waals surface area contributed by atoms with Crippen molar-refractivity contribution in [1.82, 2.24) is 0 Å². The maximum atomic E-state index is 9.12. The van der Waals surface area contributed by atoms with Gasteiger partial charge in [0.2, 0.25) is 0 Å². The van der Waals surface area contributed by atoms with Crippen molar-refractivity contribution < 1.29 is 28.9 Å². The van der Waals surface area contributed by atoms with E-state index in [1.165, 1.54) is 57.8 Å². The van der Waals surface area contributed by atoms with E-state index in [9.17, 15) is 0 Å². The van der Waals surface area contributed by atoms with Crippen molar-refractivity contribution in [2.75, 3.05) is 79.5 Å². The lowest BCUT2D eigenvalue weighted by atomic mass is 10.1. The zero-order valence-electron chi connectivity index (χ0n) is 19.4. The Morgan fingerprint density at radius 1 is 0.517 bits per heavy atom. The highest BCUT2D eigenvalue weighted by Gasteiger charge is 2.19. The first-order valence-corrected chi connectivity index (χ1v) is 12.0. The fourth-order valence-electron chi connectivity index (χ4n) is 3.34. The van der Waals surface area contributed by atoms with E-state index < -0.39 is 0 Å². The third kappa shape index (κ3) is 20.8. The molecule has 0 aromatic carbocycles. The monoisotopic (exact) mass is 420 g/mol. The summed E-state index contributed by atoms with van der Waals surface area (Å²) in [5, 5.41) is 18.2. The number of rotatable bonds is 24. The fourth-order valence-corrected chi connectivity index (χ4v) is 3.34. The van der Waals surface area contributed by atoms with Crippen LogP contribution in [0.4, 0.5) is 0 Å². The first-order chi connectivity index (χ1) is 14.2. The van der Waals surface area contributed by atoms with Crippen molar-refractivity contribution in [3.63, 3.8) is 0 Å². The number of hydrogen-bond donors (Lipinski definition) is 2. The lowest BCUT2D eigenvalue weighted by molar-refractivity contribution is -0.910. The van der Waals surface area contributed by atoms with Crippen molar-refractivity contribution in [2.24, 2.45) is 0 Å². The SMILES string of the molecule is CCCCCCCCCCCCOCCOCCOCC[N+](C)(CCO)CCO. The Hall–Kier alpha value is -0.240. The first-order valence-electron chi connectivity index (χ1n) is 12.0. The number of nitrogens with zero attached hydrogens (tertiary/aromatic N) is 1. The zero-order valence-corrected chi connectivity index (χ0v) is 19.4. The highest BCUT2D eigenvalue weighted by atomic mass is 16.5. The van der Waals surface area contributed by atoms with E-state index in [1.54, 1.807) is 0 Å². The predicted octanol–water partition coefficient (Wildman–Crippen LogP) is 3.39. The minimum atomic E-state index is 0.124. The molecular weight excluding hydrogens is 370 g/mol. The second-order valence-corrected chi connectivity index (χ2v) is 8.26. The molecule has 0 aliphatic carbocycles. The van der Waals surface area contributed by atoms with Gasteiger partial charge in [0.15, 0.2) is 0 Å². The zero-order chi connectivity index (χ0) is 21.5. The highest BCUT2D eigenvalue weighted by Crippen LogP contribution is 2.10. The second kappa shape index (κ2) is 22.4. The molecule has 0 amide bonds. The summed E-state index contributed by atoms with van der Waals surface area (Å²) in [6.07, 6.45) is 13.5. The van der Waals surface area contributed by atoms with E-state index in [0.29, 0.717) is 50.6 Å². The quantitative estimate of drug-likeness (QED) is 0.185. The fraction of sp³-hybridized carbons (Fsp3) is 1.00. The Balaban J connectivity index is 3.22. The van der Waals surface area contributed by atoms with Gasteiger partial charge in [0.1, 0.15) is 19.6 Å². The summed E-state index contributed by atoms with van der Waals surface area (Å²) in [5.74, 6) is 0. The van der Waals surface area contributed by atoms with Crippen LogP contribution < -0.4 is 0 Å². The van der Waals surface area contributed by atoms with E-state index in [2.05, 4.69) is 6.92 Å². The molecule has 0 fully saturated rings. The highest BCUT2D eigenvalue weighted by molar-refractivity contribution is 4.47. The van der Waals surface area contributed by atoms with Crippen molar-refractivity contribution in [3.05, 3.63) is 0 Å². The number of likely N-dealkylation sites (N-methyl/N-ethyl adjacent to an activating group) is 1. The maximum Gasteiger partial charge on any atom is 0.102 e. The minimum absolute atomic E-state index is 0.124. The molecule has 0 aromatic heterocycles. The molecular formula is C23H50NO5+. The molecule has 0 bridgehead atoms. The number of aliphatic hydroxyl groups excluding tert-OH is 2. The van der Waals surface area contributed by atoms with Crippen LogP contribution in [0.5, 0.6) is 0 Å². The van der Waals surface area contributed by atoms with Crippen LogP contribution in [0.2, 0.25) is 0 Å². The number of hydrogen-bond acceptors (Lipinski definition) is 5. The van der Waals surface area contributed by atoms with Crippen LogP contribution in [0, 0.1) is 0 Å². The van der Waals surface area contributed by atoms with E-state index in [4.69, 9.17) is 24.4 Å². The van der Waals surface area contributed by atoms with Crippen molar-refractivity contribution in [1.29, 1.82) is 0 Å². The molecule has 6 nitrogen and oxygen atoms in total. The molecule has 29 heavy (non-hydrogen) atoms. The summed E-state index contributed by atoms with van der Waals surface area (Å²) in [4.78, 5) is 0. The first kappa shape index (κ1) is 28.8. The third-order valence-corrected chi connectivity index (χ3v) is 5.44. The largest absolute Gasteiger partial charge is 0.391 e. The number of unbranched alkanes of at least 4 members (excludes halogenated alkanes) is 9. The van der Waals surface area contributed by atoms with Crippen molar-refractivity contribution in [2.45, 2.75) is 71.1 Å². The van der Waals surface area contributed by atoms with E-state index in [1.807, 2.05) is 7.05 Å². The van der Waals surface area contributed by atoms with Crippen LogP contribution in [0.3, 0.4) is 0 Å². The van der Waals surface area contributed by atoms with Gasteiger partial charge in [-0.2, -0.15) is 0 Å². The maximum absolute atomic E-state index is 9.12.